The summed E-state index contributed by atoms with van der Waals surface area (Å²) < 4.78 is 5.05. The Bertz CT molecular complexity index is 389. The zero-order chi connectivity index (χ0) is 9.26. The molecule has 0 atom stereocenters. The summed E-state index contributed by atoms with van der Waals surface area (Å²) in [6.45, 7) is 0. The minimum absolute atomic E-state index is 0.105. The number of aromatic hydroxyl groups is 1. The molecule has 3 N–H and O–H groups in total. The van der Waals surface area contributed by atoms with Crippen LogP contribution in [0.3, 0.4) is 0 Å². The zero-order valence-electron chi connectivity index (χ0n) is 6.77. The maximum atomic E-state index is 9.24. The zero-order valence-corrected chi connectivity index (χ0v) is 6.77. The Kier molecular flexibility index (Phi) is 1.66. The molecule has 0 aliphatic heterocycles. The fraction of sp³-hybridized carbons (Fsp3) is 0. The molecule has 13 heavy (non-hydrogen) atoms. The number of phenols is 1. The predicted octanol–water partition coefficient (Wildman–Crippen LogP) is 1.63. The van der Waals surface area contributed by atoms with Gasteiger partial charge in [-0.1, -0.05) is 0 Å². The first-order valence-electron chi connectivity index (χ1n) is 3.75. The number of nitrogen functional groups attached to an aromatic ring is 1. The quantitative estimate of drug-likeness (QED) is 0.647. The van der Waals surface area contributed by atoms with E-state index in [9.17, 15) is 5.11 Å². The van der Waals surface area contributed by atoms with E-state index in [1.165, 1.54) is 18.5 Å². The number of nitrogens with two attached hydrogens (primary N) is 1. The van der Waals surface area contributed by atoms with Gasteiger partial charge in [-0.25, -0.2) is 4.98 Å². The number of aromatic nitrogens is 1. The Morgan fingerprint density at radius 1 is 1.31 bits per heavy atom. The summed E-state index contributed by atoms with van der Waals surface area (Å²) in [5.74, 6) is 0.552. The smallest absolute Gasteiger partial charge is 0.226 e. The lowest BCUT2D eigenvalue weighted by molar-refractivity contribution is 0.475. The first kappa shape index (κ1) is 7.67. The maximum absolute atomic E-state index is 9.24. The minimum Gasteiger partial charge on any atom is -0.508 e. The molecule has 66 valence electrons. The first-order valence-corrected chi connectivity index (χ1v) is 3.75. The van der Waals surface area contributed by atoms with Crippen LogP contribution in [0.2, 0.25) is 0 Å². The van der Waals surface area contributed by atoms with Crippen molar-refractivity contribution in [3.8, 4) is 17.2 Å². The molecule has 0 saturated carbocycles. The Morgan fingerprint density at radius 3 is 2.77 bits per heavy atom. The van der Waals surface area contributed by atoms with Gasteiger partial charge in [0.2, 0.25) is 5.89 Å². The summed E-state index contributed by atoms with van der Waals surface area (Å²) in [6.07, 6.45) is 3.01. The number of phenolic OH excluding ortho intramolecular Hbond substituents is 1. The number of nitrogens with zero attached hydrogens (tertiary/aromatic N) is 1. The third kappa shape index (κ3) is 1.46. The third-order valence-electron chi connectivity index (χ3n) is 1.62. The molecule has 0 amide bonds. The second-order valence-electron chi connectivity index (χ2n) is 2.65. The highest BCUT2D eigenvalue weighted by Gasteiger charge is 2.04. The molecule has 0 saturated heterocycles. The van der Waals surface area contributed by atoms with Crippen LogP contribution in [0.25, 0.3) is 11.5 Å². The van der Waals surface area contributed by atoms with Crippen molar-refractivity contribution in [2.75, 3.05) is 5.73 Å². The molecule has 0 aliphatic rings. The Hall–Kier alpha value is -1.97. The highest BCUT2D eigenvalue weighted by Crippen LogP contribution is 2.24. The fourth-order valence-corrected chi connectivity index (χ4v) is 1.12. The van der Waals surface area contributed by atoms with Crippen LogP contribution in [-0.4, -0.2) is 10.1 Å². The number of benzene rings is 1. The average molecular weight is 176 g/mol. The summed E-state index contributed by atoms with van der Waals surface area (Å²) in [5, 5.41) is 9.24. The van der Waals surface area contributed by atoms with E-state index in [-0.39, 0.29) is 5.75 Å². The average Bonchev–Trinajstić information content (AvgIpc) is 2.53. The summed E-state index contributed by atoms with van der Waals surface area (Å²) in [4.78, 5) is 3.94. The van der Waals surface area contributed by atoms with E-state index in [1.807, 2.05) is 0 Å². The molecule has 0 unspecified atom stereocenters. The van der Waals surface area contributed by atoms with Gasteiger partial charge >= 0.3 is 0 Å². The van der Waals surface area contributed by atoms with E-state index in [1.54, 1.807) is 12.1 Å². The lowest BCUT2D eigenvalue weighted by Crippen LogP contribution is -1.85. The summed E-state index contributed by atoms with van der Waals surface area (Å²) in [5.41, 5.74) is 6.68. The lowest BCUT2D eigenvalue weighted by Gasteiger charge is -1.99. The van der Waals surface area contributed by atoms with Crippen LogP contribution in [0.5, 0.6) is 5.75 Å². The van der Waals surface area contributed by atoms with Crippen LogP contribution in [0.4, 0.5) is 5.69 Å². The molecule has 0 bridgehead atoms. The van der Waals surface area contributed by atoms with Crippen molar-refractivity contribution >= 4 is 5.69 Å². The molecule has 0 radical (unpaired) electrons. The molecule has 0 aliphatic carbocycles. The Balaban J connectivity index is 2.53. The van der Waals surface area contributed by atoms with Gasteiger partial charge in [0.1, 0.15) is 12.0 Å². The van der Waals surface area contributed by atoms with Crippen LogP contribution in [0.15, 0.2) is 35.1 Å². The third-order valence-corrected chi connectivity index (χ3v) is 1.62. The van der Waals surface area contributed by atoms with Gasteiger partial charge in [0.25, 0.3) is 0 Å². The summed E-state index contributed by atoms with van der Waals surface area (Å²) in [6, 6.07) is 4.69. The maximum Gasteiger partial charge on any atom is 0.226 e. The van der Waals surface area contributed by atoms with Crippen LogP contribution in [-0.2, 0) is 0 Å². The van der Waals surface area contributed by atoms with E-state index in [0.717, 1.165) is 0 Å². The Labute approximate surface area is 74.6 Å². The topological polar surface area (TPSA) is 72.3 Å². The number of anilines is 1. The molecule has 1 aromatic heterocycles. The fourth-order valence-electron chi connectivity index (χ4n) is 1.12. The van der Waals surface area contributed by atoms with E-state index in [0.29, 0.717) is 17.1 Å². The lowest BCUT2D eigenvalue weighted by atomic mass is 10.2. The SMILES string of the molecule is Nc1cc(O)cc(-c2ncco2)c1. The first-order chi connectivity index (χ1) is 6.25. The van der Waals surface area contributed by atoms with Crippen molar-refractivity contribution in [3.05, 3.63) is 30.7 Å². The van der Waals surface area contributed by atoms with Crippen LogP contribution >= 0.6 is 0 Å². The Morgan fingerprint density at radius 2 is 2.15 bits per heavy atom. The molecule has 1 aromatic carbocycles. The van der Waals surface area contributed by atoms with Gasteiger partial charge < -0.3 is 15.3 Å². The molecule has 2 aromatic rings. The number of hydrogen-bond acceptors (Lipinski definition) is 4. The van der Waals surface area contributed by atoms with Gasteiger partial charge in [-0.05, 0) is 12.1 Å². The van der Waals surface area contributed by atoms with Crippen molar-refractivity contribution in [1.29, 1.82) is 0 Å². The number of hydrogen-bond donors (Lipinski definition) is 2. The van der Waals surface area contributed by atoms with Crippen LogP contribution in [0.1, 0.15) is 0 Å². The van der Waals surface area contributed by atoms with Crippen LogP contribution in [0, 0.1) is 0 Å². The van der Waals surface area contributed by atoms with E-state index in [2.05, 4.69) is 4.98 Å². The van der Waals surface area contributed by atoms with E-state index in [4.69, 9.17) is 10.2 Å². The molecule has 1 heterocycles. The van der Waals surface area contributed by atoms with Gasteiger partial charge in [-0.15, -0.1) is 0 Å². The molecule has 0 fully saturated rings. The van der Waals surface area contributed by atoms with Crippen molar-refractivity contribution < 1.29 is 9.52 Å². The van der Waals surface area contributed by atoms with Gasteiger partial charge in [-0.3, -0.25) is 0 Å². The van der Waals surface area contributed by atoms with Gasteiger partial charge in [0, 0.05) is 17.3 Å². The largest absolute Gasteiger partial charge is 0.508 e. The second kappa shape index (κ2) is 2.82. The standard InChI is InChI=1S/C9H8N2O2/c10-7-3-6(4-8(12)5-7)9-11-1-2-13-9/h1-5,12H,10H2. The van der Waals surface area contributed by atoms with Gasteiger partial charge in [0.15, 0.2) is 0 Å². The summed E-state index contributed by atoms with van der Waals surface area (Å²) >= 11 is 0. The van der Waals surface area contributed by atoms with Crippen molar-refractivity contribution in [2.24, 2.45) is 0 Å². The number of rotatable bonds is 1. The molecule has 2 rings (SSSR count). The van der Waals surface area contributed by atoms with Crippen molar-refractivity contribution in [2.45, 2.75) is 0 Å². The molecule has 4 heteroatoms. The van der Waals surface area contributed by atoms with E-state index < -0.39 is 0 Å². The monoisotopic (exact) mass is 176 g/mol. The second-order valence-corrected chi connectivity index (χ2v) is 2.65. The molecule has 0 spiro atoms. The van der Waals surface area contributed by atoms with E-state index >= 15 is 0 Å². The normalized spacial score (nSPS) is 10.2. The van der Waals surface area contributed by atoms with Gasteiger partial charge in [0.05, 0.1) is 6.20 Å². The highest BCUT2D eigenvalue weighted by atomic mass is 16.3. The van der Waals surface area contributed by atoms with Crippen molar-refractivity contribution in [3.63, 3.8) is 0 Å². The number of oxazole rings is 1. The minimum atomic E-state index is 0.105. The van der Waals surface area contributed by atoms with Gasteiger partial charge in [-0.2, -0.15) is 0 Å². The summed E-state index contributed by atoms with van der Waals surface area (Å²) in [7, 11) is 0. The molecule has 4 nitrogen and oxygen atoms in total. The molecular weight excluding hydrogens is 168 g/mol. The predicted molar refractivity (Wildman–Crippen MR) is 48.0 cm³/mol. The highest BCUT2D eigenvalue weighted by molar-refractivity contribution is 5.62. The van der Waals surface area contributed by atoms with Crippen LogP contribution < -0.4 is 5.73 Å². The molecular formula is C9H8N2O2. The van der Waals surface area contributed by atoms with Crippen molar-refractivity contribution in [1.82, 2.24) is 4.98 Å².